The number of aromatic nitrogens is 4. The summed E-state index contributed by atoms with van der Waals surface area (Å²) < 4.78 is 14.4. The molecule has 0 saturated carbocycles. The van der Waals surface area contributed by atoms with Gasteiger partial charge in [-0.15, -0.1) is 0 Å². The van der Waals surface area contributed by atoms with Crippen LogP contribution in [0.5, 0.6) is 23.0 Å². The van der Waals surface area contributed by atoms with E-state index in [1.807, 2.05) is 18.2 Å². The van der Waals surface area contributed by atoms with Gasteiger partial charge in [0.2, 0.25) is 0 Å². The molecule has 13 aromatic carbocycles. The van der Waals surface area contributed by atoms with Crippen molar-refractivity contribution in [1.82, 2.24) is 19.9 Å². The third kappa shape index (κ3) is 8.03. The van der Waals surface area contributed by atoms with E-state index in [0.717, 1.165) is 129 Å². The summed E-state index contributed by atoms with van der Waals surface area (Å²) in [5.74, 6) is 4.25. The molecule has 0 amide bonds. The largest absolute Gasteiger partial charge is 0.456 e. The first kappa shape index (κ1) is 53.5. The van der Waals surface area contributed by atoms with Crippen molar-refractivity contribution >= 4 is 0 Å². The van der Waals surface area contributed by atoms with Gasteiger partial charge in [0.25, 0.3) is 0 Å². The van der Waals surface area contributed by atoms with Crippen molar-refractivity contribution in [2.24, 2.45) is 0 Å². The highest BCUT2D eigenvalue weighted by molar-refractivity contribution is 5.94. The fourth-order valence-electron chi connectivity index (χ4n) is 15.6. The Balaban J connectivity index is 0.744. The second-order valence-electron chi connectivity index (χ2n) is 24.6. The van der Waals surface area contributed by atoms with Gasteiger partial charge in [-0.1, -0.05) is 279 Å². The molecule has 2 aromatic heterocycles. The van der Waals surface area contributed by atoms with E-state index in [1.54, 1.807) is 0 Å². The lowest BCUT2D eigenvalue weighted by atomic mass is 9.65. The minimum Gasteiger partial charge on any atom is -0.456 e. The molecule has 2 spiro atoms. The first-order chi connectivity index (χ1) is 46.6. The van der Waals surface area contributed by atoms with Gasteiger partial charge in [0.15, 0.2) is 11.6 Å². The topological polar surface area (TPSA) is 70.0 Å². The maximum atomic E-state index is 7.25. The Morgan fingerprint density at radius 2 is 0.500 bits per heavy atom. The number of para-hydroxylation sites is 4. The lowest BCUT2D eigenvalue weighted by Crippen LogP contribution is -2.32. The Kier molecular flexibility index (Phi) is 12.0. The molecule has 6 nitrogen and oxygen atoms in total. The molecular formula is C88H54N4O2. The number of hydrogen-bond donors (Lipinski definition) is 0. The van der Waals surface area contributed by atoms with E-state index in [1.165, 1.54) is 38.9 Å². The fourth-order valence-corrected chi connectivity index (χ4v) is 15.6. The van der Waals surface area contributed by atoms with Crippen LogP contribution in [0.4, 0.5) is 0 Å². The molecule has 0 radical (unpaired) electrons. The molecule has 4 heterocycles. The maximum Gasteiger partial charge on any atom is 0.164 e. The second kappa shape index (κ2) is 21.1. The van der Waals surface area contributed by atoms with E-state index in [-0.39, 0.29) is 0 Å². The van der Waals surface area contributed by atoms with Crippen molar-refractivity contribution in [3.8, 4) is 135 Å². The first-order valence-corrected chi connectivity index (χ1v) is 32.0. The second-order valence-corrected chi connectivity index (χ2v) is 24.6. The summed E-state index contributed by atoms with van der Waals surface area (Å²) in [5.41, 5.74) is 25.8. The molecule has 19 rings (SSSR count). The number of nitrogens with zero attached hydrogens (tertiary/aromatic N) is 4. The number of ether oxygens (including phenoxy) is 2. The van der Waals surface area contributed by atoms with E-state index < -0.39 is 10.8 Å². The van der Waals surface area contributed by atoms with Crippen LogP contribution in [0, 0.1) is 0 Å². The smallest absolute Gasteiger partial charge is 0.164 e. The monoisotopic (exact) mass is 1200 g/mol. The molecule has 15 aromatic rings. The van der Waals surface area contributed by atoms with E-state index in [4.69, 9.17) is 29.4 Å². The molecule has 0 fully saturated rings. The van der Waals surface area contributed by atoms with Crippen LogP contribution in [0.15, 0.2) is 328 Å². The maximum absolute atomic E-state index is 7.25. The molecule has 0 bridgehead atoms. The van der Waals surface area contributed by atoms with Gasteiger partial charge in [-0.3, -0.25) is 0 Å². The SMILES string of the molecule is c1ccc(-c2ccc(-c3cc(-c4ccccc4)nc(-c4cccc5c4Oc4ccccc4C54c5ccccc5-c5cc(-c6cccc(-c7cc(-c8ccccc8)nc(-c8cccc9c8Oc8ccccc8C98c9ccccc9-c9ccccc98)n7)c6)ccc54)n3)cc2)cc1. The minimum atomic E-state index is -0.753. The standard InChI is InChI=1S/C88H54N4O2/c1-4-23-55(24-5-1)56-45-47-59(48-46-56)79-53-77(57-25-6-2-7-26-57)89-85(91-79)66-34-22-42-76-84(66)94-82-44-19-17-40-74(82)88(76)71-38-15-12-33-65(71)68-52-61(49-50-72(68)88)60-29-20-30-62(51-60)80-54-78(58-27-8-3-9-28-58)90-86(92-80)67-35-21-41-75-83(67)93-81-43-18-16-39-73(81)87(75)69-36-13-10-31-63(69)64-32-11-14-37-70(64)87/h1-54H. The van der Waals surface area contributed by atoms with Crippen molar-refractivity contribution in [1.29, 1.82) is 0 Å². The summed E-state index contributed by atoms with van der Waals surface area (Å²) in [6, 6.07) is 117. The number of fused-ring (bicyclic) bond motifs is 18. The van der Waals surface area contributed by atoms with Gasteiger partial charge >= 0.3 is 0 Å². The number of rotatable bonds is 8. The Bertz CT molecular complexity index is 5530. The van der Waals surface area contributed by atoms with Crippen LogP contribution < -0.4 is 9.47 Å². The first-order valence-electron chi connectivity index (χ1n) is 32.0. The van der Waals surface area contributed by atoms with E-state index in [0.29, 0.717) is 11.6 Å². The van der Waals surface area contributed by atoms with E-state index in [2.05, 4.69) is 309 Å². The summed E-state index contributed by atoms with van der Waals surface area (Å²) in [7, 11) is 0. The van der Waals surface area contributed by atoms with Gasteiger partial charge in [0.1, 0.15) is 23.0 Å². The lowest BCUT2D eigenvalue weighted by molar-refractivity contribution is 0.437. The molecular weight excluding hydrogens is 1140 g/mol. The highest BCUT2D eigenvalue weighted by Crippen LogP contribution is 2.65. The Hall–Kier alpha value is -12.4. The van der Waals surface area contributed by atoms with Gasteiger partial charge in [-0.05, 0) is 115 Å². The average Bonchev–Trinajstić information content (AvgIpc) is 1.48. The summed E-state index contributed by atoms with van der Waals surface area (Å²) in [6.07, 6.45) is 0. The summed E-state index contributed by atoms with van der Waals surface area (Å²) in [5, 5.41) is 0. The van der Waals surface area contributed by atoms with Gasteiger partial charge in [-0.25, -0.2) is 19.9 Å². The molecule has 0 saturated heterocycles. The average molecular weight is 1200 g/mol. The zero-order chi connectivity index (χ0) is 61.9. The molecule has 438 valence electrons. The zero-order valence-electron chi connectivity index (χ0n) is 50.8. The van der Waals surface area contributed by atoms with Gasteiger partial charge < -0.3 is 9.47 Å². The quantitative estimate of drug-likeness (QED) is 0.151. The normalized spacial score (nSPS) is 14.5. The van der Waals surface area contributed by atoms with E-state index >= 15 is 0 Å². The Labute approximate surface area is 544 Å². The highest BCUT2D eigenvalue weighted by atomic mass is 16.5. The molecule has 1 atom stereocenters. The summed E-state index contributed by atoms with van der Waals surface area (Å²) in [4.78, 5) is 21.8. The Morgan fingerprint density at radius 1 is 0.191 bits per heavy atom. The fraction of sp³-hybridized carbons (Fsp3) is 0.0227. The van der Waals surface area contributed by atoms with Crippen LogP contribution >= 0.6 is 0 Å². The molecule has 2 aliphatic carbocycles. The molecule has 94 heavy (non-hydrogen) atoms. The van der Waals surface area contributed by atoms with Crippen molar-refractivity contribution in [3.63, 3.8) is 0 Å². The molecule has 1 unspecified atom stereocenters. The Morgan fingerprint density at radius 3 is 1.00 bits per heavy atom. The van der Waals surface area contributed by atoms with Gasteiger partial charge in [0.05, 0.1) is 44.7 Å². The summed E-state index contributed by atoms with van der Waals surface area (Å²) in [6.45, 7) is 0. The molecule has 4 aliphatic rings. The number of benzene rings is 13. The van der Waals surface area contributed by atoms with Crippen LogP contribution in [0.2, 0.25) is 0 Å². The number of hydrogen-bond acceptors (Lipinski definition) is 6. The van der Waals surface area contributed by atoms with Crippen molar-refractivity contribution in [2.75, 3.05) is 0 Å². The minimum absolute atomic E-state index is 0.581. The van der Waals surface area contributed by atoms with Crippen molar-refractivity contribution in [3.05, 3.63) is 372 Å². The van der Waals surface area contributed by atoms with Crippen LogP contribution in [-0.4, -0.2) is 19.9 Å². The van der Waals surface area contributed by atoms with Crippen LogP contribution in [0.3, 0.4) is 0 Å². The lowest BCUT2D eigenvalue weighted by Gasteiger charge is -2.40. The molecule has 6 heteroatoms. The third-order valence-corrected chi connectivity index (χ3v) is 19.7. The van der Waals surface area contributed by atoms with Crippen LogP contribution in [0.1, 0.15) is 44.5 Å². The molecule has 0 N–H and O–H groups in total. The predicted octanol–water partition coefficient (Wildman–Crippen LogP) is 21.5. The van der Waals surface area contributed by atoms with Gasteiger partial charge in [0, 0.05) is 44.5 Å². The highest BCUT2D eigenvalue weighted by Gasteiger charge is 2.53. The van der Waals surface area contributed by atoms with Crippen LogP contribution in [0.25, 0.3) is 112 Å². The molecule has 2 aliphatic heterocycles. The summed E-state index contributed by atoms with van der Waals surface area (Å²) >= 11 is 0. The van der Waals surface area contributed by atoms with Crippen molar-refractivity contribution in [2.45, 2.75) is 10.8 Å². The van der Waals surface area contributed by atoms with Gasteiger partial charge in [-0.2, -0.15) is 0 Å². The van der Waals surface area contributed by atoms with Crippen LogP contribution in [-0.2, 0) is 10.8 Å². The predicted molar refractivity (Wildman–Crippen MR) is 376 cm³/mol. The zero-order valence-corrected chi connectivity index (χ0v) is 50.8. The third-order valence-electron chi connectivity index (χ3n) is 19.7. The van der Waals surface area contributed by atoms with E-state index in [9.17, 15) is 0 Å². The van der Waals surface area contributed by atoms with Crippen molar-refractivity contribution < 1.29 is 9.47 Å².